The SMILES string of the molecule is Cl.NCC1CCCC1NC(=O)c1csc(I)c1. The van der Waals surface area contributed by atoms with Crippen molar-refractivity contribution in [3.8, 4) is 0 Å². The predicted octanol–water partition coefficient (Wildman–Crippen LogP) is 2.63. The van der Waals surface area contributed by atoms with Crippen LogP contribution >= 0.6 is 46.3 Å². The van der Waals surface area contributed by atoms with Gasteiger partial charge in [0.15, 0.2) is 0 Å². The molecule has 0 aromatic carbocycles. The Morgan fingerprint density at radius 2 is 2.35 bits per heavy atom. The van der Waals surface area contributed by atoms with Gasteiger partial charge in [-0.2, -0.15) is 0 Å². The first-order chi connectivity index (χ1) is 7.70. The van der Waals surface area contributed by atoms with Crippen LogP contribution in [0.25, 0.3) is 0 Å². The molecule has 3 N–H and O–H groups in total. The van der Waals surface area contributed by atoms with E-state index in [0.29, 0.717) is 12.5 Å². The molecule has 17 heavy (non-hydrogen) atoms. The third-order valence-corrected chi connectivity index (χ3v) is 4.90. The molecule has 1 aromatic rings. The summed E-state index contributed by atoms with van der Waals surface area (Å²) < 4.78 is 1.14. The van der Waals surface area contributed by atoms with E-state index in [0.717, 1.165) is 21.3 Å². The Balaban J connectivity index is 0.00000144. The van der Waals surface area contributed by atoms with Gasteiger partial charge in [-0.05, 0) is 54.0 Å². The topological polar surface area (TPSA) is 55.1 Å². The number of amides is 1. The van der Waals surface area contributed by atoms with E-state index in [9.17, 15) is 4.79 Å². The van der Waals surface area contributed by atoms with E-state index in [1.165, 1.54) is 6.42 Å². The lowest BCUT2D eigenvalue weighted by Crippen LogP contribution is -2.39. The van der Waals surface area contributed by atoms with Crippen LogP contribution in [0.3, 0.4) is 0 Å². The van der Waals surface area contributed by atoms with E-state index in [1.54, 1.807) is 11.3 Å². The highest BCUT2D eigenvalue weighted by Gasteiger charge is 2.27. The van der Waals surface area contributed by atoms with Gasteiger partial charge in [0.05, 0.1) is 8.45 Å². The van der Waals surface area contributed by atoms with Gasteiger partial charge < -0.3 is 11.1 Å². The molecule has 1 aromatic heterocycles. The Morgan fingerprint density at radius 1 is 1.59 bits per heavy atom. The highest BCUT2D eigenvalue weighted by Crippen LogP contribution is 2.25. The molecule has 1 aliphatic carbocycles. The number of hydrogen-bond acceptors (Lipinski definition) is 3. The molecule has 2 atom stereocenters. The Hall–Kier alpha value is 0.150. The fraction of sp³-hybridized carbons (Fsp3) is 0.545. The van der Waals surface area contributed by atoms with Gasteiger partial charge >= 0.3 is 0 Å². The molecular weight excluding hydrogens is 371 g/mol. The Kier molecular flexibility index (Phi) is 6.19. The summed E-state index contributed by atoms with van der Waals surface area (Å²) in [5.41, 5.74) is 6.47. The maximum absolute atomic E-state index is 11.9. The predicted molar refractivity (Wildman–Crippen MR) is 81.9 cm³/mol. The van der Waals surface area contributed by atoms with Crippen molar-refractivity contribution in [3.05, 3.63) is 19.9 Å². The van der Waals surface area contributed by atoms with Crippen molar-refractivity contribution in [2.75, 3.05) is 6.54 Å². The zero-order valence-electron chi connectivity index (χ0n) is 9.32. The maximum atomic E-state index is 11.9. The largest absolute Gasteiger partial charge is 0.349 e. The van der Waals surface area contributed by atoms with E-state index in [1.807, 2.05) is 11.4 Å². The summed E-state index contributed by atoms with van der Waals surface area (Å²) in [5.74, 6) is 0.506. The first kappa shape index (κ1) is 15.2. The van der Waals surface area contributed by atoms with Crippen molar-refractivity contribution in [3.63, 3.8) is 0 Å². The van der Waals surface area contributed by atoms with E-state index < -0.39 is 0 Å². The second-order valence-electron chi connectivity index (χ2n) is 4.15. The van der Waals surface area contributed by atoms with Crippen molar-refractivity contribution < 1.29 is 4.79 Å². The summed E-state index contributed by atoms with van der Waals surface area (Å²) in [6.07, 6.45) is 3.38. The third-order valence-electron chi connectivity index (χ3n) is 3.11. The molecular formula is C11H16ClIN2OS. The molecule has 1 heterocycles. The van der Waals surface area contributed by atoms with Gasteiger partial charge in [0.25, 0.3) is 5.91 Å². The first-order valence-corrected chi connectivity index (χ1v) is 7.41. The van der Waals surface area contributed by atoms with Crippen molar-refractivity contribution in [1.82, 2.24) is 5.32 Å². The molecule has 0 radical (unpaired) electrons. The molecule has 1 fully saturated rings. The Morgan fingerprint density at radius 3 is 2.94 bits per heavy atom. The highest BCUT2D eigenvalue weighted by atomic mass is 127. The number of rotatable bonds is 3. The smallest absolute Gasteiger partial charge is 0.252 e. The van der Waals surface area contributed by atoms with Gasteiger partial charge in [-0.25, -0.2) is 0 Å². The molecule has 0 spiro atoms. The number of hydrogen-bond donors (Lipinski definition) is 2. The summed E-state index contributed by atoms with van der Waals surface area (Å²) in [7, 11) is 0. The molecule has 6 heteroatoms. The van der Waals surface area contributed by atoms with Crippen LogP contribution in [-0.4, -0.2) is 18.5 Å². The van der Waals surface area contributed by atoms with E-state index in [-0.39, 0.29) is 24.4 Å². The molecule has 96 valence electrons. The van der Waals surface area contributed by atoms with Gasteiger partial charge in [-0.15, -0.1) is 23.7 Å². The fourth-order valence-corrected chi connectivity index (χ4v) is 3.52. The standard InChI is InChI=1S/C11H15IN2OS.ClH/c12-10-4-8(6-16-10)11(15)14-9-3-1-2-7(9)5-13;/h4,6-7,9H,1-3,5,13H2,(H,14,15);1H. The average Bonchev–Trinajstić information content (AvgIpc) is 2.86. The van der Waals surface area contributed by atoms with Gasteiger partial charge in [0.1, 0.15) is 0 Å². The van der Waals surface area contributed by atoms with E-state index in [4.69, 9.17) is 5.73 Å². The Labute approximate surface area is 125 Å². The zero-order valence-corrected chi connectivity index (χ0v) is 13.1. The van der Waals surface area contributed by atoms with Crippen LogP contribution in [0, 0.1) is 8.80 Å². The van der Waals surface area contributed by atoms with Crippen molar-refractivity contribution in [2.24, 2.45) is 11.7 Å². The molecule has 0 saturated heterocycles. The van der Waals surface area contributed by atoms with Crippen LogP contribution in [0.2, 0.25) is 0 Å². The first-order valence-electron chi connectivity index (χ1n) is 5.45. The minimum atomic E-state index is 0. The normalized spacial score (nSPS) is 23.2. The molecule has 1 aliphatic rings. The second kappa shape index (κ2) is 6.92. The number of halogens is 2. The lowest BCUT2D eigenvalue weighted by Gasteiger charge is -2.18. The van der Waals surface area contributed by atoms with Gasteiger partial charge in [0, 0.05) is 11.4 Å². The quantitative estimate of drug-likeness (QED) is 0.785. The molecule has 1 amide bonds. The zero-order chi connectivity index (χ0) is 11.5. The van der Waals surface area contributed by atoms with Gasteiger partial charge in [-0.1, -0.05) is 6.42 Å². The lowest BCUT2D eigenvalue weighted by atomic mass is 10.0. The molecule has 0 aliphatic heterocycles. The van der Waals surface area contributed by atoms with Gasteiger partial charge in [-0.3, -0.25) is 4.79 Å². The number of carbonyl (C=O) groups is 1. The molecule has 2 rings (SSSR count). The number of nitrogens with two attached hydrogens (primary N) is 1. The molecule has 0 bridgehead atoms. The minimum absolute atomic E-state index is 0. The van der Waals surface area contributed by atoms with Crippen LogP contribution in [0.5, 0.6) is 0 Å². The summed E-state index contributed by atoms with van der Waals surface area (Å²) in [6, 6.07) is 2.20. The lowest BCUT2D eigenvalue weighted by molar-refractivity contribution is 0.0929. The van der Waals surface area contributed by atoms with Crippen LogP contribution in [0.4, 0.5) is 0 Å². The van der Waals surface area contributed by atoms with Crippen LogP contribution in [0.1, 0.15) is 29.6 Å². The monoisotopic (exact) mass is 386 g/mol. The van der Waals surface area contributed by atoms with Gasteiger partial charge in [0.2, 0.25) is 0 Å². The summed E-state index contributed by atoms with van der Waals surface area (Å²) >= 11 is 3.83. The van der Waals surface area contributed by atoms with Crippen molar-refractivity contribution >= 4 is 52.2 Å². The van der Waals surface area contributed by atoms with E-state index >= 15 is 0 Å². The minimum Gasteiger partial charge on any atom is -0.349 e. The third kappa shape index (κ3) is 3.81. The van der Waals surface area contributed by atoms with Crippen molar-refractivity contribution in [2.45, 2.75) is 25.3 Å². The van der Waals surface area contributed by atoms with Crippen LogP contribution < -0.4 is 11.1 Å². The number of thiophene rings is 1. The average molecular weight is 387 g/mol. The van der Waals surface area contributed by atoms with Crippen molar-refractivity contribution in [1.29, 1.82) is 0 Å². The summed E-state index contributed by atoms with van der Waals surface area (Å²) in [5, 5.41) is 5.00. The second-order valence-corrected chi connectivity index (χ2v) is 6.95. The molecule has 2 unspecified atom stereocenters. The summed E-state index contributed by atoms with van der Waals surface area (Å²) in [6.45, 7) is 0.673. The number of carbonyl (C=O) groups excluding carboxylic acids is 1. The fourth-order valence-electron chi connectivity index (χ4n) is 2.19. The van der Waals surface area contributed by atoms with Crippen LogP contribution in [-0.2, 0) is 0 Å². The number of nitrogens with one attached hydrogen (secondary N) is 1. The molecule has 1 saturated carbocycles. The summed E-state index contributed by atoms with van der Waals surface area (Å²) in [4.78, 5) is 11.9. The molecule has 3 nitrogen and oxygen atoms in total. The van der Waals surface area contributed by atoms with Crippen LogP contribution in [0.15, 0.2) is 11.4 Å². The Bertz CT molecular complexity index is 385. The maximum Gasteiger partial charge on any atom is 0.252 e. The highest BCUT2D eigenvalue weighted by molar-refractivity contribution is 14.1. The van der Waals surface area contributed by atoms with E-state index in [2.05, 4.69) is 27.9 Å².